The van der Waals surface area contributed by atoms with Crippen molar-refractivity contribution in [3.8, 4) is 0 Å². The smallest absolute Gasteiger partial charge is 0.326 e. The highest BCUT2D eigenvalue weighted by molar-refractivity contribution is 6.25. The highest BCUT2D eigenvalue weighted by Gasteiger charge is 2.27. The third-order valence-corrected chi connectivity index (χ3v) is 4.31. The molecule has 0 aliphatic heterocycles. The number of ketones is 1. The molecule has 10 heteroatoms. The predicted octanol–water partition coefficient (Wildman–Crippen LogP) is 1.47. The quantitative estimate of drug-likeness (QED) is 0.295. The van der Waals surface area contributed by atoms with Gasteiger partial charge in [-0.25, -0.2) is 9.18 Å². The Morgan fingerprint density at radius 3 is 2.83 bits per heavy atom. The Morgan fingerprint density at radius 1 is 1.41 bits per heavy atom. The number of nitrogens with zero attached hydrogens (tertiary/aromatic N) is 2. The molecule has 2 atom stereocenters. The number of amides is 1. The van der Waals surface area contributed by atoms with Crippen LogP contribution in [0.4, 0.5) is 4.39 Å². The van der Waals surface area contributed by atoms with Gasteiger partial charge in [0.05, 0.1) is 5.52 Å². The first-order valence-electron chi connectivity index (χ1n) is 8.96. The zero-order valence-corrected chi connectivity index (χ0v) is 15.7. The molecule has 0 bridgehead atoms. The number of halogens is 1. The summed E-state index contributed by atoms with van der Waals surface area (Å²) in [6.07, 6.45) is 0.949. The van der Waals surface area contributed by atoms with Crippen LogP contribution in [0.5, 0.6) is 0 Å². The van der Waals surface area contributed by atoms with Crippen LogP contribution >= 0.6 is 0 Å². The van der Waals surface area contributed by atoms with Crippen LogP contribution in [0.15, 0.2) is 24.4 Å². The van der Waals surface area contributed by atoms with Crippen LogP contribution in [0.3, 0.4) is 0 Å². The molecule has 2 rings (SSSR count). The van der Waals surface area contributed by atoms with Crippen LogP contribution < -0.4 is 5.32 Å². The molecule has 1 amide bonds. The van der Waals surface area contributed by atoms with Gasteiger partial charge in [0.1, 0.15) is 18.0 Å². The van der Waals surface area contributed by atoms with E-state index in [9.17, 15) is 23.9 Å². The zero-order valence-electron chi connectivity index (χ0n) is 15.7. The Kier molecular flexibility index (Phi) is 7.76. The van der Waals surface area contributed by atoms with Gasteiger partial charge in [-0.3, -0.25) is 9.59 Å². The molecule has 0 saturated carbocycles. The first kappa shape index (κ1) is 21.9. The first-order chi connectivity index (χ1) is 13.9. The Bertz CT molecular complexity index is 951. The Labute approximate surface area is 165 Å². The lowest BCUT2D eigenvalue weighted by molar-refractivity contribution is -0.144. The summed E-state index contributed by atoms with van der Waals surface area (Å²) in [6.45, 7) is 1.90. The number of H-pyrrole nitrogens is 1. The van der Waals surface area contributed by atoms with E-state index in [4.69, 9.17) is 10.3 Å². The highest BCUT2D eigenvalue weighted by atomic mass is 19.1. The van der Waals surface area contributed by atoms with E-state index in [-0.39, 0.29) is 25.9 Å². The average Bonchev–Trinajstić information content (AvgIpc) is 3.09. The number of Topliss-reactive ketones (excluding diaryl/α,β-unsaturated/α-hetero) is 1. The van der Waals surface area contributed by atoms with Crippen molar-refractivity contribution >= 4 is 34.8 Å². The SMILES string of the molecule is CCOC(Cc1c[nH]c2c(F)cccc12)C(=O)NC(CCC(=O)C=[N+]=[N-])C(=O)O. The van der Waals surface area contributed by atoms with Crippen molar-refractivity contribution in [1.82, 2.24) is 10.3 Å². The number of carbonyl (C=O) groups excluding carboxylic acids is 2. The molecule has 29 heavy (non-hydrogen) atoms. The minimum Gasteiger partial charge on any atom is -0.480 e. The minimum absolute atomic E-state index is 0.103. The molecule has 9 nitrogen and oxygen atoms in total. The monoisotopic (exact) mass is 404 g/mol. The van der Waals surface area contributed by atoms with E-state index in [0.29, 0.717) is 22.7 Å². The van der Waals surface area contributed by atoms with Gasteiger partial charge in [-0.1, -0.05) is 12.1 Å². The Morgan fingerprint density at radius 2 is 2.17 bits per heavy atom. The standard InChI is InChI=1S/C19H21FN4O5/c1-2-29-16(8-11-9-22-17-13(11)4-3-5-14(17)20)18(26)24-15(19(27)28)7-6-12(25)10-23-21/h3-5,9-10,15-16,22H,2,6-8H2,1H3,(H,24,26)(H,27,28). The summed E-state index contributed by atoms with van der Waals surface area (Å²) in [5, 5.41) is 12.3. The number of rotatable bonds is 11. The van der Waals surface area contributed by atoms with Gasteiger partial charge in [-0.05, 0) is 25.0 Å². The van der Waals surface area contributed by atoms with Crippen LogP contribution in [0.1, 0.15) is 25.3 Å². The first-order valence-corrected chi connectivity index (χ1v) is 8.96. The summed E-state index contributed by atoms with van der Waals surface area (Å²) in [5.41, 5.74) is 9.28. The second-order valence-electron chi connectivity index (χ2n) is 6.27. The molecule has 3 N–H and O–H groups in total. The highest BCUT2D eigenvalue weighted by Crippen LogP contribution is 2.22. The molecule has 0 radical (unpaired) electrons. The van der Waals surface area contributed by atoms with Crippen LogP contribution in [0, 0.1) is 5.82 Å². The fourth-order valence-corrected chi connectivity index (χ4v) is 2.91. The van der Waals surface area contributed by atoms with Crippen LogP contribution in [0.25, 0.3) is 16.4 Å². The van der Waals surface area contributed by atoms with Gasteiger partial charge in [-0.15, -0.1) is 0 Å². The van der Waals surface area contributed by atoms with E-state index in [1.165, 1.54) is 6.07 Å². The van der Waals surface area contributed by atoms with Gasteiger partial charge >= 0.3 is 12.2 Å². The van der Waals surface area contributed by atoms with E-state index in [2.05, 4.69) is 15.1 Å². The summed E-state index contributed by atoms with van der Waals surface area (Å²) >= 11 is 0. The van der Waals surface area contributed by atoms with Crippen LogP contribution in [-0.2, 0) is 25.5 Å². The maximum absolute atomic E-state index is 13.8. The second kappa shape index (κ2) is 10.3. The molecule has 0 saturated heterocycles. The van der Waals surface area contributed by atoms with Gasteiger partial charge in [0.15, 0.2) is 0 Å². The lowest BCUT2D eigenvalue weighted by Crippen LogP contribution is -2.47. The third kappa shape index (κ3) is 5.81. The number of carboxylic acids is 1. The predicted molar refractivity (Wildman–Crippen MR) is 101 cm³/mol. The molecule has 1 heterocycles. The van der Waals surface area contributed by atoms with Crippen molar-refractivity contribution < 1.29 is 33.4 Å². The number of para-hydroxylation sites is 1. The van der Waals surface area contributed by atoms with Crippen molar-refractivity contribution in [3.05, 3.63) is 41.3 Å². The summed E-state index contributed by atoms with van der Waals surface area (Å²) in [4.78, 5) is 40.8. The van der Waals surface area contributed by atoms with Gasteiger partial charge in [0, 0.05) is 31.0 Å². The van der Waals surface area contributed by atoms with Crippen molar-refractivity contribution in [2.45, 2.75) is 38.3 Å². The number of hydrogen-bond acceptors (Lipinski definition) is 4. The molecule has 154 valence electrons. The third-order valence-electron chi connectivity index (χ3n) is 4.31. The van der Waals surface area contributed by atoms with Gasteiger partial charge in [-0.2, -0.15) is 4.79 Å². The number of nitrogens with one attached hydrogen (secondary N) is 2. The number of aromatic amines is 1. The molecule has 2 unspecified atom stereocenters. The number of aliphatic carboxylic acids is 1. The molecule has 2 aromatic rings. The fourth-order valence-electron chi connectivity index (χ4n) is 2.91. The number of fused-ring (bicyclic) bond motifs is 1. The van der Waals surface area contributed by atoms with Crippen LogP contribution in [0.2, 0.25) is 0 Å². The molecule has 0 fully saturated rings. The Balaban J connectivity index is 2.12. The maximum atomic E-state index is 13.8. The molecule has 0 spiro atoms. The minimum atomic E-state index is -1.32. The topological polar surface area (TPSA) is 145 Å². The second-order valence-corrected chi connectivity index (χ2v) is 6.27. The van der Waals surface area contributed by atoms with E-state index in [1.54, 1.807) is 25.3 Å². The van der Waals surface area contributed by atoms with Gasteiger partial charge in [0.2, 0.25) is 11.7 Å². The molecular weight excluding hydrogens is 383 g/mol. The van der Waals surface area contributed by atoms with Crippen LogP contribution in [-0.4, -0.2) is 57.5 Å². The van der Waals surface area contributed by atoms with E-state index < -0.39 is 35.6 Å². The largest absolute Gasteiger partial charge is 0.480 e. The number of carboxylic acid groups (broad SMARTS) is 1. The van der Waals surface area contributed by atoms with Gasteiger partial charge < -0.3 is 25.7 Å². The normalized spacial score (nSPS) is 12.8. The maximum Gasteiger partial charge on any atom is 0.326 e. The summed E-state index contributed by atoms with van der Waals surface area (Å²) < 4.78 is 19.3. The number of hydrogen-bond donors (Lipinski definition) is 3. The van der Waals surface area contributed by atoms with Gasteiger partial charge in [0.25, 0.3) is 0 Å². The lowest BCUT2D eigenvalue weighted by atomic mass is 10.0. The number of ether oxygens (including phenoxy) is 1. The average molecular weight is 404 g/mol. The number of carbonyl (C=O) groups is 3. The van der Waals surface area contributed by atoms with Crippen molar-refractivity contribution in [3.63, 3.8) is 0 Å². The van der Waals surface area contributed by atoms with E-state index in [1.807, 2.05) is 0 Å². The summed E-state index contributed by atoms with van der Waals surface area (Å²) in [5.74, 6) is -2.96. The molecule has 0 aliphatic rings. The number of aromatic nitrogens is 1. The fraction of sp³-hybridized carbons (Fsp3) is 0.368. The molecule has 1 aromatic carbocycles. The molecule has 0 aliphatic carbocycles. The lowest BCUT2D eigenvalue weighted by Gasteiger charge is -2.20. The summed E-state index contributed by atoms with van der Waals surface area (Å²) in [7, 11) is 0. The van der Waals surface area contributed by atoms with Crippen molar-refractivity contribution in [2.24, 2.45) is 0 Å². The summed E-state index contributed by atoms with van der Waals surface area (Å²) in [6, 6.07) is 3.26. The molecule has 1 aromatic heterocycles. The zero-order chi connectivity index (χ0) is 21.4. The van der Waals surface area contributed by atoms with Crippen molar-refractivity contribution in [2.75, 3.05) is 6.61 Å². The van der Waals surface area contributed by atoms with E-state index >= 15 is 0 Å². The van der Waals surface area contributed by atoms with E-state index in [0.717, 1.165) is 0 Å². The molecular formula is C19H21FN4O5. The Hall–Kier alpha value is -3.36. The van der Waals surface area contributed by atoms with Crippen molar-refractivity contribution in [1.29, 1.82) is 0 Å². The number of benzene rings is 1.